The smallest absolute Gasteiger partial charge is 0.0425 e. The van der Waals surface area contributed by atoms with Gasteiger partial charge in [0.05, 0.1) is 0 Å². The predicted octanol–water partition coefficient (Wildman–Crippen LogP) is 3.53. The molecule has 0 saturated heterocycles. The van der Waals surface area contributed by atoms with Crippen LogP contribution in [0.2, 0.25) is 0 Å². The minimum absolute atomic E-state index is 0.595. The molecule has 0 heterocycles. The highest BCUT2D eigenvalue weighted by Crippen LogP contribution is 2.36. The van der Waals surface area contributed by atoms with Crippen LogP contribution in [0.3, 0.4) is 0 Å². The average Bonchev–Trinajstić information content (AvgIpc) is 3.09. The van der Waals surface area contributed by atoms with Gasteiger partial charge in [-0.05, 0) is 30.9 Å². The van der Waals surface area contributed by atoms with E-state index in [0.717, 1.165) is 17.1 Å². The Morgan fingerprint density at radius 3 is 2.65 bits per heavy atom. The van der Waals surface area contributed by atoms with E-state index in [9.17, 15) is 0 Å². The molecule has 1 aliphatic carbocycles. The fourth-order valence-corrected chi connectivity index (χ4v) is 2.76. The summed E-state index contributed by atoms with van der Waals surface area (Å²) < 4.78 is 1.13. The summed E-state index contributed by atoms with van der Waals surface area (Å²) in [6, 6.07) is 7.12. The van der Waals surface area contributed by atoms with Gasteiger partial charge in [0.1, 0.15) is 0 Å². The highest BCUT2D eigenvalue weighted by molar-refractivity contribution is 9.10. The van der Waals surface area contributed by atoms with E-state index in [1.54, 1.807) is 0 Å². The van der Waals surface area contributed by atoms with Crippen molar-refractivity contribution in [2.45, 2.75) is 39.3 Å². The maximum Gasteiger partial charge on any atom is 0.0425 e. The van der Waals surface area contributed by atoms with Gasteiger partial charge >= 0.3 is 0 Å². The lowest BCUT2D eigenvalue weighted by Gasteiger charge is -2.29. The molecule has 2 nitrogen and oxygen atoms in total. The highest BCUT2D eigenvalue weighted by Gasteiger charge is 2.30. The van der Waals surface area contributed by atoms with E-state index < -0.39 is 0 Å². The second-order valence-corrected chi connectivity index (χ2v) is 6.07. The van der Waals surface area contributed by atoms with Gasteiger partial charge < -0.3 is 10.6 Å². The van der Waals surface area contributed by atoms with Crippen LogP contribution in [-0.2, 0) is 6.54 Å². The average molecular weight is 297 g/mol. The highest BCUT2D eigenvalue weighted by atomic mass is 79.9. The van der Waals surface area contributed by atoms with Crippen LogP contribution >= 0.6 is 15.9 Å². The van der Waals surface area contributed by atoms with Crippen molar-refractivity contribution < 1.29 is 0 Å². The lowest BCUT2D eigenvalue weighted by Crippen LogP contribution is -2.31. The molecular formula is C14H21BrN2. The van der Waals surface area contributed by atoms with E-state index >= 15 is 0 Å². The summed E-state index contributed by atoms with van der Waals surface area (Å²) in [5.74, 6) is 0.681. The van der Waals surface area contributed by atoms with Gasteiger partial charge in [0.25, 0.3) is 0 Å². The van der Waals surface area contributed by atoms with E-state index in [1.807, 2.05) is 0 Å². The first kappa shape index (κ1) is 12.9. The molecule has 3 heteroatoms. The molecule has 1 saturated carbocycles. The first-order chi connectivity index (χ1) is 8.13. The largest absolute Gasteiger partial charge is 0.368 e. The van der Waals surface area contributed by atoms with Gasteiger partial charge in [0.2, 0.25) is 0 Å². The molecule has 0 aliphatic heterocycles. The van der Waals surface area contributed by atoms with Crippen molar-refractivity contribution in [2.24, 2.45) is 11.7 Å². The second-order valence-electron chi connectivity index (χ2n) is 5.22. The third kappa shape index (κ3) is 3.02. The molecule has 0 aromatic heterocycles. The monoisotopic (exact) mass is 296 g/mol. The molecule has 17 heavy (non-hydrogen) atoms. The third-order valence-electron chi connectivity index (χ3n) is 3.16. The van der Waals surface area contributed by atoms with E-state index in [0.29, 0.717) is 12.5 Å². The van der Waals surface area contributed by atoms with Crippen molar-refractivity contribution >= 4 is 21.6 Å². The molecule has 0 radical (unpaired) electrons. The topological polar surface area (TPSA) is 29.3 Å². The molecule has 2 N–H and O–H groups in total. The first-order valence-corrected chi connectivity index (χ1v) is 7.17. The summed E-state index contributed by atoms with van der Waals surface area (Å²) in [6.45, 7) is 6.26. The molecule has 1 fully saturated rings. The maximum absolute atomic E-state index is 5.88. The van der Waals surface area contributed by atoms with Gasteiger partial charge in [-0.15, -0.1) is 0 Å². The zero-order valence-electron chi connectivity index (χ0n) is 10.6. The van der Waals surface area contributed by atoms with E-state index in [1.165, 1.54) is 24.1 Å². The molecule has 0 bridgehead atoms. The van der Waals surface area contributed by atoms with Crippen LogP contribution in [0.4, 0.5) is 5.69 Å². The van der Waals surface area contributed by atoms with Crippen LogP contribution in [0.5, 0.6) is 0 Å². The molecule has 0 amide bonds. The standard InChI is InChI=1S/C14H21BrN2/c1-10(2)9-17(11-6-7-11)14-5-3-4-13(15)12(14)8-16/h3-5,10-11H,6-9,16H2,1-2H3. The van der Waals surface area contributed by atoms with E-state index in [4.69, 9.17) is 5.73 Å². The Balaban J connectivity index is 2.31. The number of halogens is 1. The second kappa shape index (κ2) is 5.40. The fourth-order valence-electron chi connectivity index (χ4n) is 2.24. The Hall–Kier alpha value is -0.540. The molecule has 94 valence electrons. The van der Waals surface area contributed by atoms with Crippen molar-refractivity contribution in [1.82, 2.24) is 0 Å². The molecular weight excluding hydrogens is 276 g/mol. The van der Waals surface area contributed by atoms with Gasteiger partial charge in [-0.2, -0.15) is 0 Å². The molecule has 0 unspecified atom stereocenters. The zero-order valence-corrected chi connectivity index (χ0v) is 12.2. The quantitative estimate of drug-likeness (QED) is 0.901. The van der Waals surface area contributed by atoms with Gasteiger partial charge in [-0.25, -0.2) is 0 Å². The van der Waals surface area contributed by atoms with Crippen molar-refractivity contribution in [2.75, 3.05) is 11.4 Å². The summed E-state index contributed by atoms with van der Waals surface area (Å²) in [5.41, 5.74) is 8.44. The van der Waals surface area contributed by atoms with Crippen LogP contribution in [0, 0.1) is 5.92 Å². The van der Waals surface area contributed by atoms with Crippen LogP contribution in [0.25, 0.3) is 0 Å². The Morgan fingerprint density at radius 1 is 1.41 bits per heavy atom. The molecule has 1 aromatic rings. The Kier molecular flexibility index (Phi) is 4.10. The van der Waals surface area contributed by atoms with Crippen LogP contribution < -0.4 is 10.6 Å². The Morgan fingerprint density at radius 2 is 2.12 bits per heavy atom. The number of rotatable bonds is 5. The van der Waals surface area contributed by atoms with Crippen LogP contribution in [-0.4, -0.2) is 12.6 Å². The van der Waals surface area contributed by atoms with Gasteiger partial charge in [0, 0.05) is 34.9 Å². The summed E-state index contributed by atoms with van der Waals surface area (Å²) in [5, 5.41) is 0. The number of hydrogen-bond acceptors (Lipinski definition) is 2. The normalized spacial score (nSPS) is 15.4. The van der Waals surface area contributed by atoms with Gasteiger partial charge in [-0.1, -0.05) is 35.8 Å². The van der Waals surface area contributed by atoms with Gasteiger partial charge in [0.15, 0.2) is 0 Å². The molecule has 0 atom stereocenters. The fraction of sp³-hybridized carbons (Fsp3) is 0.571. The van der Waals surface area contributed by atoms with Gasteiger partial charge in [-0.3, -0.25) is 0 Å². The predicted molar refractivity (Wildman–Crippen MR) is 77.2 cm³/mol. The molecule has 2 rings (SSSR count). The van der Waals surface area contributed by atoms with Crippen molar-refractivity contribution in [1.29, 1.82) is 0 Å². The SMILES string of the molecule is CC(C)CN(c1cccc(Br)c1CN)C1CC1. The minimum atomic E-state index is 0.595. The van der Waals surface area contributed by atoms with E-state index in [-0.39, 0.29) is 0 Å². The third-order valence-corrected chi connectivity index (χ3v) is 3.90. The lowest BCUT2D eigenvalue weighted by atomic mass is 10.1. The summed E-state index contributed by atoms with van der Waals surface area (Å²) in [7, 11) is 0. The molecule has 1 aromatic carbocycles. The number of benzene rings is 1. The zero-order chi connectivity index (χ0) is 12.4. The number of hydrogen-bond donors (Lipinski definition) is 1. The molecule has 0 spiro atoms. The van der Waals surface area contributed by atoms with Crippen molar-refractivity contribution in [3.63, 3.8) is 0 Å². The van der Waals surface area contributed by atoms with Crippen molar-refractivity contribution in [3.05, 3.63) is 28.2 Å². The molecule has 1 aliphatic rings. The Labute approximate surface area is 112 Å². The Bertz CT molecular complexity index is 386. The number of nitrogens with two attached hydrogens (primary N) is 1. The van der Waals surface area contributed by atoms with Crippen molar-refractivity contribution in [3.8, 4) is 0 Å². The van der Waals surface area contributed by atoms with E-state index in [2.05, 4.69) is 52.9 Å². The maximum atomic E-state index is 5.88. The summed E-state index contributed by atoms with van der Waals surface area (Å²) in [6.07, 6.45) is 2.65. The summed E-state index contributed by atoms with van der Waals surface area (Å²) in [4.78, 5) is 2.54. The lowest BCUT2D eigenvalue weighted by molar-refractivity contribution is 0.605. The number of anilines is 1. The number of nitrogens with zero attached hydrogens (tertiary/aromatic N) is 1. The minimum Gasteiger partial charge on any atom is -0.368 e. The summed E-state index contributed by atoms with van der Waals surface area (Å²) >= 11 is 3.60. The van der Waals surface area contributed by atoms with Crippen LogP contribution in [0.15, 0.2) is 22.7 Å². The first-order valence-electron chi connectivity index (χ1n) is 6.37. The van der Waals surface area contributed by atoms with Crippen LogP contribution in [0.1, 0.15) is 32.3 Å².